The molecule has 0 amide bonds. The molecule has 0 spiro atoms. The first-order valence-corrected chi connectivity index (χ1v) is 17.2. The molecule has 4 aromatic carbocycles. The molecule has 0 bridgehead atoms. The van der Waals surface area contributed by atoms with Crippen LogP contribution in [0.3, 0.4) is 0 Å². The van der Waals surface area contributed by atoms with Crippen LogP contribution in [0.15, 0.2) is 121 Å². The van der Waals surface area contributed by atoms with Gasteiger partial charge in [-0.2, -0.15) is 0 Å². The van der Waals surface area contributed by atoms with Crippen LogP contribution in [-0.4, -0.2) is 22.4 Å². The molecule has 2 aliphatic rings. The van der Waals surface area contributed by atoms with Crippen LogP contribution in [0, 0.1) is 61.7 Å². The van der Waals surface area contributed by atoms with Gasteiger partial charge in [-0.1, -0.05) is 121 Å². The van der Waals surface area contributed by atoms with E-state index in [1.165, 1.54) is 0 Å². The van der Waals surface area contributed by atoms with Gasteiger partial charge in [0.05, 0.1) is 23.5 Å². The lowest BCUT2D eigenvalue weighted by molar-refractivity contribution is 0.0463. The van der Waals surface area contributed by atoms with Gasteiger partial charge >= 0.3 is 0 Å². The van der Waals surface area contributed by atoms with E-state index >= 15 is 9.13 Å². The molecule has 0 saturated heterocycles. The van der Waals surface area contributed by atoms with E-state index in [1.807, 2.05) is 121 Å². The van der Waals surface area contributed by atoms with Crippen molar-refractivity contribution < 1.29 is 19.3 Å². The molecule has 6 heteroatoms. The van der Waals surface area contributed by atoms with Gasteiger partial charge in [0.15, 0.2) is 14.3 Å². The van der Waals surface area contributed by atoms with E-state index in [4.69, 9.17) is 0 Å². The van der Waals surface area contributed by atoms with Crippen molar-refractivity contribution in [2.45, 2.75) is 12.2 Å². The average molecular weight is 589 g/mol. The molecular weight excluding hydrogens is 558 g/mol. The van der Waals surface area contributed by atoms with Crippen molar-refractivity contribution in [1.29, 1.82) is 0 Å². The zero-order valence-electron chi connectivity index (χ0n) is 22.8. The lowest BCUT2D eigenvalue weighted by Gasteiger charge is -2.37. The van der Waals surface area contributed by atoms with Crippen LogP contribution in [-0.2, 0) is 9.13 Å². The molecule has 2 atom stereocenters. The minimum Gasteiger partial charge on any atom is -0.390 e. The molecule has 0 aliphatic heterocycles. The second-order valence-electron chi connectivity index (χ2n) is 10.2. The molecule has 6 rings (SSSR count). The Balaban J connectivity index is 1.35. The lowest BCUT2D eigenvalue weighted by Crippen LogP contribution is -2.41. The number of benzene rings is 4. The van der Waals surface area contributed by atoms with Crippen LogP contribution >= 0.6 is 14.3 Å². The van der Waals surface area contributed by atoms with Crippen LogP contribution in [0.2, 0.25) is 0 Å². The average Bonchev–Trinajstić information content (AvgIpc) is 3.76. The van der Waals surface area contributed by atoms with E-state index < -0.39 is 26.5 Å². The zero-order chi connectivity index (χ0) is 29.2. The van der Waals surface area contributed by atoms with E-state index in [0.29, 0.717) is 44.4 Å². The molecule has 0 unspecified atom stereocenters. The van der Waals surface area contributed by atoms with Crippen LogP contribution < -0.4 is 21.2 Å². The summed E-state index contributed by atoms with van der Waals surface area (Å²) < 4.78 is 30.1. The Hall–Kier alpha value is -2.74. The zero-order valence-corrected chi connectivity index (χ0v) is 24.6. The molecule has 4 nitrogen and oxygen atoms in total. The van der Waals surface area contributed by atoms with E-state index in [-0.39, 0.29) is 0 Å². The van der Waals surface area contributed by atoms with Crippen molar-refractivity contribution in [3.8, 4) is 0 Å². The highest BCUT2D eigenvalue weighted by Crippen LogP contribution is 2.66. The van der Waals surface area contributed by atoms with Gasteiger partial charge in [-0.3, -0.25) is 0 Å². The maximum atomic E-state index is 15.1. The first-order chi connectivity index (χ1) is 20.5. The molecular formula is C36H30O4P2. The quantitative estimate of drug-likeness (QED) is 0.264. The van der Waals surface area contributed by atoms with E-state index in [2.05, 4.69) is 0 Å². The molecule has 2 aliphatic carbocycles. The number of aliphatic hydroxyl groups excluding tert-OH is 2. The van der Waals surface area contributed by atoms with Gasteiger partial charge in [-0.05, 0) is 38.5 Å². The topological polar surface area (TPSA) is 74.6 Å². The van der Waals surface area contributed by atoms with Gasteiger partial charge < -0.3 is 19.3 Å². The summed E-state index contributed by atoms with van der Waals surface area (Å²) in [6.07, 6.45) is 7.60. The molecule has 4 aromatic rings. The van der Waals surface area contributed by atoms with E-state index in [1.54, 1.807) is 38.5 Å². The number of rotatable bonds is 9. The second-order valence-corrected chi connectivity index (χ2v) is 15.6. The molecule has 42 heavy (non-hydrogen) atoms. The van der Waals surface area contributed by atoms with Gasteiger partial charge in [0.1, 0.15) is 0 Å². The highest BCUT2D eigenvalue weighted by molar-refractivity contribution is 7.82. The van der Waals surface area contributed by atoms with Crippen molar-refractivity contribution in [3.05, 3.63) is 183 Å². The smallest absolute Gasteiger partial charge is 0.151 e. The standard InChI is InChI=1S/C36H30O4P2/c37-35(31-23-13-25-33(31)41(39,27-15-5-1-6-16-27)28-17-7-2-8-18-28)36(38)32-24-14-26-34(32)42(40,29-19-9-3-10-20-29)30-21-11-4-12-22-30/h1-26,35-38H/t35-,36-/m1/s1. The highest BCUT2D eigenvalue weighted by atomic mass is 31.2. The maximum absolute atomic E-state index is 15.1. The highest BCUT2D eigenvalue weighted by Gasteiger charge is 2.54. The summed E-state index contributed by atoms with van der Waals surface area (Å²) in [5.74, 6) is 0.750. The van der Waals surface area contributed by atoms with Gasteiger partial charge in [0.25, 0.3) is 0 Å². The fourth-order valence-electron chi connectivity index (χ4n) is 5.67. The van der Waals surface area contributed by atoms with Gasteiger partial charge in [-0.25, -0.2) is 0 Å². The van der Waals surface area contributed by atoms with Crippen LogP contribution in [0.5, 0.6) is 0 Å². The predicted octanol–water partition coefficient (Wildman–Crippen LogP) is 5.20. The summed E-state index contributed by atoms with van der Waals surface area (Å²) in [6, 6.07) is 36.9. The summed E-state index contributed by atoms with van der Waals surface area (Å²) in [6.45, 7) is 0. The van der Waals surface area contributed by atoms with Crippen molar-refractivity contribution in [2.24, 2.45) is 0 Å². The van der Waals surface area contributed by atoms with Crippen molar-refractivity contribution in [2.75, 3.05) is 0 Å². The molecule has 2 saturated carbocycles. The Morgan fingerprint density at radius 3 is 0.929 bits per heavy atom. The summed E-state index contributed by atoms with van der Waals surface area (Å²) in [4.78, 5) is 0. The van der Waals surface area contributed by atoms with Crippen molar-refractivity contribution >= 4 is 35.5 Å². The minimum absolute atomic E-state index is 0.375. The summed E-state index contributed by atoms with van der Waals surface area (Å²) >= 11 is 0. The first kappa shape index (κ1) is 29.3. The summed E-state index contributed by atoms with van der Waals surface area (Å²) in [5.41, 5.74) is 0.933. The summed E-state index contributed by atoms with van der Waals surface area (Å²) in [7, 11) is -6.81. The Morgan fingerprint density at radius 1 is 0.405 bits per heavy atom. The Kier molecular flexibility index (Phi) is 8.71. The molecule has 0 aromatic heterocycles. The monoisotopic (exact) mass is 588 g/mol. The number of hydrogen-bond donors (Lipinski definition) is 2. The van der Waals surface area contributed by atoms with Crippen LogP contribution in [0.1, 0.15) is 0 Å². The van der Waals surface area contributed by atoms with Crippen LogP contribution in [0.4, 0.5) is 0 Å². The van der Waals surface area contributed by atoms with Crippen LogP contribution in [0.25, 0.3) is 0 Å². The Bertz CT molecular complexity index is 1340. The third-order valence-electron chi connectivity index (χ3n) is 7.75. The molecule has 2 fully saturated rings. The molecule has 10 radical (unpaired) electrons. The SMILES string of the molecule is O=P([C]1[CH][CH][CH][C]1[C@@H](O)[C@H](O)[C]1[CH][CH][CH][C]1P(=O)(c1ccccc1)c1ccccc1)(c1ccccc1)c1ccccc1. The minimum atomic E-state index is -3.40. The van der Waals surface area contributed by atoms with Crippen molar-refractivity contribution in [3.63, 3.8) is 0 Å². The normalized spacial score (nSPS) is 19.2. The number of aliphatic hydroxyl groups is 2. The lowest BCUT2D eigenvalue weighted by atomic mass is 9.87. The van der Waals surface area contributed by atoms with E-state index in [0.717, 1.165) is 0 Å². The maximum Gasteiger partial charge on any atom is 0.151 e. The third-order valence-corrected chi connectivity index (χ3v) is 14.0. The molecule has 0 heterocycles. The third kappa shape index (κ3) is 5.18. The fourth-order valence-corrected chi connectivity index (χ4v) is 11.5. The second kappa shape index (κ2) is 12.5. The van der Waals surface area contributed by atoms with E-state index in [9.17, 15) is 10.2 Å². The fraction of sp³-hybridized carbons (Fsp3) is 0.0556. The summed E-state index contributed by atoms with van der Waals surface area (Å²) in [5, 5.41) is 26.1. The van der Waals surface area contributed by atoms with Gasteiger partial charge in [-0.15, -0.1) is 0 Å². The van der Waals surface area contributed by atoms with Crippen molar-refractivity contribution in [1.82, 2.24) is 0 Å². The first-order valence-electron chi connectivity index (χ1n) is 13.8. The van der Waals surface area contributed by atoms with Gasteiger partial charge in [0.2, 0.25) is 0 Å². The van der Waals surface area contributed by atoms with Gasteiger partial charge in [0, 0.05) is 33.1 Å². The molecule has 208 valence electrons. The number of hydrogen-bond acceptors (Lipinski definition) is 4. The predicted molar refractivity (Wildman–Crippen MR) is 170 cm³/mol. The Morgan fingerprint density at radius 2 is 0.667 bits per heavy atom. The molecule has 2 N–H and O–H groups in total. The Labute approximate surface area is 249 Å². The largest absolute Gasteiger partial charge is 0.390 e.